The van der Waals surface area contributed by atoms with Gasteiger partial charge in [0.15, 0.2) is 0 Å². The van der Waals surface area contributed by atoms with Gasteiger partial charge in [0.1, 0.15) is 0 Å². The largest absolute Gasteiger partial charge is 0.373 e. The first-order valence-corrected chi connectivity index (χ1v) is 11.2. The van der Waals surface area contributed by atoms with Gasteiger partial charge in [-0.15, -0.1) is 0 Å². The highest BCUT2D eigenvalue weighted by atomic mass is 16.5. The molecule has 4 heteroatoms. The van der Waals surface area contributed by atoms with Crippen molar-refractivity contribution in [2.24, 2.45) is 0 Å². The van der Waals surface area contributed by atoms with Gasteiger partial charge >= 0.3 is 0 Å². The molecule has 0 unspecified atom stereocenters. The highest BCUT2D eigenvalue weighted by Gasteiger charge is 2.38. The van der Waals surface area contributed by atoms with Crippen LogP contribution in [0.5, 0.6) is 0 Å². The summed E-state index contributed by atoms with van der Waals surface area (Å²) in [4.78, 5) is 0. The van der Waals surface area contributed by atoms with Crippen molar-refractivity contribution in [2.45, 2.75) is 64.1 Å². The zero-order chi connectivity index (χ0) is 21.3. The summed E-state index contributed by atoms with van der Waals surface area (Å²) in [6.45, 7) is 9.87. The van der Waals surface area contributed by atoms with Gasteiger partial charge in [-0.1, -0.05) is 72.8 Å². The molecular weight excluding hydrogens is 372 g/mol. The predicted octanol–water partition coefficient (Wildman–Crippen LogP) is 4.81. The molecule has 30 heavy (non-hydrogen) atoms. The van der Waals surface area contributed by atoms with Crippen LogP contribution in [0, 0.1) is 0 Å². The van der Waals surface area contributed by atoms with Crippen molar-refractivity contribution in [3.8, 4) is 0 Å². The quantitative estimate of drug-likeness (QED) is 0.554. The van der Waals surface area contributed by atoms with E-state index < -0.39 is 0 Å². The molecule has 1 aliphatic rings. The number of ether oxygens (including phenoxy) is 2. The molecule has 0 spiro atoms. The number of hydrogen-bond donors (Lipinski definition) is 2. The maximum atomic E-state index is 6.13. The molecule has 0 fully saturated rings. The van der Waals surface area contributed by atoms with Crippen molar-refractivity contribution in [2.75, 3.05) is 13.2 Å². The maximum absolute atomic E-state index is 6.13. The van der Waals surface area contributed by atoms with Crippen molar-refractivity contribution in [1.29, 1.82) is 0 Å². The molecule has 0 saturated heterocycles. The van der Waals surface area contributed by atoms with Crippen LogP contribution in [0.1, 0.15) is 50.9 Å². The van der Waals surface area contributed by atoms with Gasteiger partial charge in [-0.3, -0.25) is 0 Å². The molecular formula is C26H36N2O2. The van der Waals surface area contributed by atoms with Crippen LogP contribution in [-0.2, 0) is 9.47 Å². The van der Waals surface area contributed by atoms with Crippen LogP contribution in [0.15, 0.2) is 72.8 Å². The summed E-state index contributed by atoms with van der Waals surface area (Å²) in [7, 11) is 0. The maximum Gasteiger partial charge on any atom is 0.0926 e. The monoisotopic (exact) mass is 408 g/mol. The Hall–Kier alpha value is -1.98. The van der Waals surface area contributed by atoms with E-state index in [1.807, 2.05) is 0 Å². The number of hydrogen-bond acceptors (Lipinski definition) is 4. The fraction of sp³-hybridized carbons (Fsp3) is 0.462. The number of benzene rings is 2. The molecule has 2 aromatic carbocycles. The lowest BCUT2D eigenvalue weighted by Gasteiger charge is -2.42. The van der Waals surface area contributed by atoms with Crippen LogP contribution in [0.2, 0.25) is 0 Å². The zero-order valence-corrected chi connectivity index (χ0v) is 18.6. The topological polar surface area (TPSA) is 42.5 Å². The van der Waals surface area contributed by atoms with E-state index in [0.29, 0.717) is 13.2 Å². The molecule has 0 amide bonds. The molecule has 162 valence electrons. The average Bonchev–Trinajstić information content (AvgIpc) is 2.78. The Balaban J connectivity index is 1.86. The highest BCUT2D eigenvalue weighted by molar-refractivity contribution is 5.22. The van der Waals surface area contributed by atoms with E-state index in [4.69, 9.17) is 9.47 Å². The Morgan fingerprint density at radius 3 is 1.37 bits per heavy atom. The summed E-state index contributed by atoms with van der Waals surface area (Å²) in [5, 5.41) is 7.69. The van der Waals surface area contributed by atoms with E-state index in [2.05, 4.69) is 111 Å². The van der Waals surface area contributed by atoms with Crippen LogP contribution in [0.25, 0.3) is 0 Å². The van der Waals surface area contributed by atoms with Gasteiger partial charge in [0.25, 0.3) is 0 Å². The lowest BCUT2D eigenvalue weighted by atomic mass is 9.88. The third-order valence-corrected chi connectivity index (χ3v) is 5.79. The first kappa shape index (κ1) is 22.7. The normalized spacial score (nSPS) is 25.7. The van der Waals surface area contributed by atoms with Crippen LogP contribution in [-0.4, -0.2) is 37.5 Å². The van der Waals surface area contributed by atoms with E-state index >= 15 is 0 Å². The van der Waals surface area contributed by atoms with Crippen LogP contribution in [0.4, 0.5) is 0 Å². The van der Waals surface area contributed by atoms with Crippen LogP contribution in [0.3, 0.4) is 0 Å². The predicted molar refractivity (Wildman–Crippen MR) is 124 cm³/mol. The van der Waals surface area contributed by atoms with Crippen LogP contribution >= 0.6 is 0 Å². The second-order valence-corrected chi connectivity index (χ2v) is 7.87. The molecule has 1 aliphatic carbocycles. The van der Waals surface area contributed by atoms with E-state index in [9.17, 15) is 0 Å². The molecule has 2 aromatic rings. The summed E-state index contributed by atoms with van der Waals surface area (Å²) in [6.07, 6.45) is 4.28. The third-order valence-electron chi connectivity index (χ3n) is 5.79. The van der Waals surface area contributed by atoms with Gasteiger partial charge in [-0.05, 0) is 38.8 Å². The van der Waals surface area contributed by atoms with Crippen molar-refractivity contribution in [1.82, 2.24) is 10.6 Å². The Bertz CT molecular complexity index is 700. The molecule has 0 saturated carbocycles. The number of rotatable bonds is 10. The van der Waals surface area contributed by atoms with Gasteiger partial charge in [0.2, 0.25) is 0 Å². The Morgan fingerprint density at radius 1 is 0.667 bits per heavy atom. The lowest BCUT2D eigenvalue weighted by Crippen LogP contribution is -2.62. The fourth-order valence-electron chi connectivity index (χ4n) is 4.22. The fourth-order valence-corrected chi connectivity index (χ4v) is 4.22. The third kappa shape index (κ3) is 5.79. The molecule has 0 heterocycles. The van der Waals surface area contributed by atoms with Gasteiger partial charge in [0, 0.05) is 25.3 Å². The summed E-state index contributed by atoms with van der Waals surface area (Å²) in [5.74, 6) is 0. The first-order chi connectivity index (χ1) is 14.6. The zero-order valence-electron chi connectivity index (χ0n) is 18.6. The average molecular weight is 409 g/mol. The summed E-state index contributed by atoms with van der Waals surface area (Å²) >= 11 is 0. The molecule has 3 rings (SSSR count). The number of nitrogens with one attached hydrogen (secondary N) is 2. The van der Waals surface area contributed by atoms with E-state index in [-0.39, 0.29) is 36.4 Å². The molecule has 6 atom stereocenters. The Kier molecular flexibility index (Phi) is 8.64. The minimum atomic E-state index is -0.0154. The van der Waals surface area contributed by atoms with Gasteiger partial charge in [0.05, 0.1) is 24.3 Å². The summed E-state index contributed by atoms with van der Waals surface area (Å²) < 4.78 is 12.3. The molecule has 0 radical (unpaired) electrons. The molecule has 2 N–H and O–H groups in total. The van der Waals surface area contributed by atoms with Gasteiger partial charge in [-0.25, -0.2) is 0 Å². The van der Waals surface area contributed by atoms with Crippen LogP contribution < -0.4 is 10.6 Å². The molecule has 0 aromatic heterocycles. The van der Waals surface area contributed by atoms with Crippen molar-refractivity contribution < 1.29 is 9.47 Å². The van der Waals surface area contributed by atoms with Gasteiger partial charge in [-0.2, -0.15) is 0 Å². The highest BCUT2D eigenvalue weighted by Crippen LogP contribution is 2.25. The Labute approximate surface area is 181 Å². The minimum absolute atomic E-state index is 0.0154. The van der Waals surface area contributed by atoms with Gasteiger partial charge < -0.3 is 20.1 Å². The molecule has 0 aliphatic heterocycles. The SMILES string of the molecule is CCO[C@H]1C=C[C@@H](OCC)[C@@H](N[C@@H](C)c2ccccc2)[C@@H]1N[C@@H](C)c1ccccc1. The minimum Gasteiger partial charge on any atom is -0.373 e. The van der Waals surface area contributed by atoms with Crippen molar-refractivity contribution in [3.05, 3.63) is 83.9 Å². The summed E-state index contributed by atoms with van der Waals surface area (Å²) in [6, 6.07) is 21.7. The van der Waals surface area contributed by atoms with E-state index in [1.165, 1.54) is 11.1 Å². The second kappa shape index (κ2) is 11.4. The second-order valence-electron chi connectivity index (χ2n) is 7.87. The van der Waals surface area contributed by atoms with E-state index in [0.717, 1.165) is 0 Å². The Morgan fingerprint density at radius 2 is 1.03 bits per heavy atom. The summed E-state index contributed by atoms with van der Waals surface area (Å²) in [5.41, 5.74) is 2.54. The lowest BCUT2D eigenvalue weighted by molar-refractivity contribution is -0.00567. The van der Waals surface area contributed by atoms with E-state index in [1.54, 1.807) is 0 Å². The smallest absolute Gasteiger partial charge is 0.0926 e. The van der Waals surface area contributed by atoms with Crippen molar-refractivity contribution >= 4 is 0 Å². The first-order valence-electron chi connectivity index (χ1n) is 11.2. The van der Waals surface area contributed by atoms with Crippen molar-refractivity contribution in [3.63, 3.8) is 0 Å². The standard InChI is InChI=1S/C26H36N2O2/c1-5-29-23-17-18-24(30-6-2)26(28-20(4)22-15-11-8-12-16-22)25(23)27-19(3)21-13-9-7-10-14-21/h7-20,23-28H,5-6H2,1-4H3/t19-,20-,23-,24+,25+,26+/m0/s1. The molecule has 4 nitrogen and oxygen atoms in total. The molecule has 0 bridgehead atoms.